The third kappa shape index (κ3) is 3.55. The van der Waals surface area contributed by atoms with Crippen molar-refractivity contribution in [1.82, 2.24) is 25.4 Å². The van der Waals surface area contributed by atoms with E-state index < -0.39 is 11.9 Å². The van der Waals surface area contributed by atoms with Gasteiger partial charge in [0.25, 0.3) is 0 Å². The van der Waals surface area contributed by atoms with Gasteiger partial charge in [0.15, 0.2) is 5.82 Å². The van der Waals surface area contributed by atoms with Crippen LogP contribution in [0.4, 0.5) is 4.79 Å². The molecule has 1 heterocycles. The molecule has 3 amide bonds. The molecule has 82 valence electrons. The number of hydrogen-bond acceptors (Lipinski definition) is 4. The van der Waals surface area contributed by atoms with Crippen molar-refractivity contribution in [3.05, 3.63) is 12.2 Å². The van der Waals surface area contributed by atoms with Crippen LogP contribution in [0, 0.1) is 0 Å². The maximum absolute atomic E-state index is 11.1. The quantitative estimate of drug-likeness (QED) is 0.679. The van der Waals surface area contributed by atoms with E-state index in [4.69, 9.17) is 11.6 Å². The highest BCUT2D eigenvalue weighted by molar-refractivity contribution is 6.28. The van der Waals surface area contributed by atoms with Crippen LogP contribution in [0.25, 0.3) is 0 Å². The van der Waals surface area contributed by atoms with Gasteiger partial charge in [0.05, 0.1) is 6.54 Å². The average molecular weight is 232 g/mol. The first-order valence-electron chi connectivity index (χ1n) is 4.10. The van der Waals surface area contributed by atoms with E-state index in [-0.39, 0.29) is 12.4 Å². The molecule has 2 N–H and O–H groups in total. The number of urea groups is 1. The van der Waals surface area contributed by atoms with Crippen LogP contribution in [-0.4, -0.2) is 32.6 Å². The zero-order valence-corrected chi connectivity index (χ0v) is 8.78. The van der Waals surface area contributed by atoms with Gasteiger partial charge >= 0.3 is 6.03 Å². The van der Waals surface area contributed by atoms with Crippen LogP contribution in [0.1, 0.15) is 5.82 Å². The molecule has 1 aromatic rings. The second-order valence-electron chi connectivity index (χ2n) is 2.72. The van der Waals surface area contributed by atoms with Crippen LogP contribution in [0.3, 0.4) is 0 Å². The van der Waals surface area contributed by atoms with Crippen LogP contribution in [0.2, 0.25) is 0 Å². The van der Waals surface area contributed by atoms with Crippen LogP contribution in [0.15, 0.2) is 6.33 Å². The lowest BCUT2D eigenvalue weighted by molar-refractivity contribution is -0.117. The smallest absolute Gasteiger partial charge is 0.321 e. The predicted octanol–water partition coefficient (Wildman–Crippen LogP) is -0.620. The molecule has 0 fully saturated rings. The fourth-order valence-corrected chi connectivity index (χ4v) is 0.898. The normalized spacial score (nSPS) is 9.73. The molecular weight excluding hydrogens is 222 g/mol. The molecule has 0 spiro atoms. The average Bonchev–Trinajstić information content (AvgIpc) is 2.61. The molecule has 7 nitrogen and oxygen atoms in total. The molecule has 0 aromatic carbocycles. The van der Waals surface area contributed by atoms with Gasteiger partial charge in [-0.3, -0.25) is 10.1 Å². The molecule has 0 aliphatic carbocycles. The van der Waals surface area contributed by atoms with Crippen molar-refractivity contribution < 1.29 is 9.59 Å². The van der Waals surface area contributed by atoms with E-state index in [0.29, 0.717) is 5.82 Å². The van der Waals surface area contributed by atoms with Crippen molar-refractivity contribution in [2.75, 3.05) is 5.88 Å². The second-order valence-corrected chi connectivity index (χ2v) is 2.99. The number of carbonyl (C=O) groups is 2. The van der Waals surface area contributed by atoms with Crippen molar-refractivity contribution in [3.63, 3.8) is 0 Å². The Morgan fingerprint density at radius 1 is 1.60 bits per heavy atom. The van der Waals surface area contributed by atoms with Crippen LogP contribution < -0.4 is 10.6 Å². The number of nitrogens with one attached hydrogen (secondary N) is 2. The number of halogens is 1. The van der Waals surface area contributed by atoms with Crippen LogP contribution in [-0.2, 0) is 18.4 Å². The first-order chi connectivity index (χ1) is 7.13. The number of alkyl halides is 1. The molecule has 0 bridgehead atoms. The first kappa shape index (κ1) is 11.4. The van der Waals surface area contributed by atoms with Gasteiger partial charge in [-0.25, -0.2) is 4.79 Å². The van der Waals surface area contributed by atoms with E-state index in [9.17, 15) is 9.59 Å². The Hall–Kier alpha value is -1.63. The Morgan fingerprint density at radius 2 is 2.33 bits per heavy atom. The summed E-state index contributed by atoms with van der Waals surface area (Å²) in [5.41, 5.74) is 0. The van der Waals surface area contributed by atoms with Crippen molar-refractivity contribution in [1.29, 1.82) is 0 Å². The highest BCUT2D eigenvalue weighted by Crippen LogP contribution is 1.89. The fraction of sp³-hybridized carbons (Fsp3) is 0.429. The molecule has 1 aromatic heterocycles. The van der Waals surface area contributed by atoms with Gasteiger partial charge < -0.3 is 9.88 Å². The summed E-state index contributed by atoms with van der Waals surface area (Å²) in [5, 5.41) is 11.8. The Morgan fingerprint density at radius 3 is 2.87 bits per heavy atom. The SMILES string of the molecule is Cn1cnnc1CNC(=O)NC(=O)CCl. The minimum Gasteiger partial charge on any atom is -0.330 e. The molecule has 0 atom stereocenters. The van der Waals surface area contributed by atoms with Crippen molar-refractivity contribution in [3.8, 4) is 0 Å². The van der Waals surface area contributed by atoms with E-state index in [1.165, 1.54) is 6.33 Å². The lowest BCUT2D eigenvalue weighted by Crippen LogP contribution is -2.40. The van der Waals surface area contributed by atoms with E-state index >= 15 is 0 Å². The summed E-state index contributed by atoms with van der Waals surface area (Å²) in [5.74, 6) is -0.215. The Kier molecular flexibility index (Phi) is 4.04. The summed E-state index contributed by atoms with van der Waals surface area (Å²) in [7, 11) is 1.75. The molecule has 15 heavy (non-hydrogen) atoms. The minimum atomic E-state index is -0.608. The van der Waals surface area contributed by atoms with Gasteiger partial charge in [0.2, 0.25) is 5.91 Å². The third-order valence-electron chi connectivity index (χ3n) is 1.59. The number of aryl methyl sites for hydroxylation is 1. The summed E-state index contributed by atoms with van der Waals surface area (Å²) >= 11 is 5.20. The van der Waals surface area contributed by atoms with Crippen molar-refractivity contribution in [2.45, 2.75) is 6.54 Å². The molecular formula is C7H10ClN5O2. The number of hydrogen-bond donors (Lipinski definition) is 2. The number of carbonyl (C=O) groups excluding carboxylic acids is 2. The van der Waals surface area contributed by atoms with Gasteiger partial charge in [0, 0.05) is 7.05 Å². The summed E-state index contributed by atoms with van der Waals surface area (Å²) in [6.45, 7) is 0.192. The van der Waals surface area contributed by atoms with E-state index in [1.807, 2.05) is 5.32 Å². The lowest BCUT2D eigenvalue weighted by Gasteiger charge is -2.04. The molecule has 8 heteroatoms. The summed E-state index contributed by atoms with van der Waals surface area (Å²) in [6, 6.07) is -0.608. The molecule has 0 aliphatic rings. The van der Waals surface area contributed by atoms with Crippen LogP contribution >= 0.6 is 11.6 Å². The number of aromatic nitrogens is 3. The highest BCUT2D eigenvalue weighted by atomic mass is 35.5. The van der Waals surface area contributed by atoms with E-state index in [2.05, 4.69) is 15.5 Å². The Labute approximate surface area is 90.8 Å². The number of imide groups is 1. The Bertz CT molecular complexity index is 364. The topological polar surface area (TPSA) is 88.9 Å². The van der Waals surface area contributed by atoms with Gasteiger partial charge in [-0.2, -0.15) is 0 Å². The zero-order valence-electron chi connectivity index (χ0n) is 8.03. The molecule has 0 radical (unpaired) electrons. The highest BCUT2D eigenvalue weighted by Gasteiger charge is 2.07. The number of rotatable bonds is 3. The van der Waals surface area contributed by atoms with Crippen molar-refractivity contribution >= 4 is 23.5 Å². The first-order valence-corrected chi connectivity index (χ1v) is 4.63. The van der Waals surface area contributed by atoms with Gasteiger partial charge in [-0.15, -0.1) is 21.8 Å². The fourth-order valence-electron chi connectivity index (χ4n) is 0.831. The third-order valence-corrected chi connectivity index (χ3v) is 1.83. The lowest BCUT2D eigenvalue weighted by atomic mass is 10.6. The predicted molar refractivity (Wildman–Crippen MR) is 52.1 cm³/mol. The van der Waals surface area contributed by atoms with Gasteiger partial charge in [0.1, 0.15) is 12.2 Å². The number of nitrogens with zero attached hydrogens (tertiary/aromatic N) is 3. The summed E-state index contributed by atoms with van der Waals surface area (Å²) in [6.07, 6.45) is 1.51. The molecule has 0 saturated heterocycles. The largest absolute Gasteiger partial charge is 0.330 e. The van der Waals surface area contributed by atoms with E-state index in [0.717, 1.165) is 0 Å². The number of amides is 3. The van der Waals surface area contributed by atoms with Gasteiger partial charge in [-0.05, 0) is 0 Å². The standard InChI is InChI=1S/C7H10ClN5O2/c1-13-4-10-12-5(13)3-9-7(15)11-6(14)2-8/h4H,2-3H2,1H3,(H2,9,11,14,15). The summed E-state index contributed by atoms with van der Waals surface area (Å²) < 4.78 is 1.66. The molecule has 0 aliphatic heterocycles. The zero-order chi connectivity index (χ0) is 11.3. The van der Waals surface area contributed by atoms with Crippen LogP contribution in [0.5, 0.6) is 0 Å². The van der Waals surface area contributed by atoms with E-state index in [1.54, 1.807) is 11.6 Å². The minimum absolute atomic E-state index is 0.192. The Balaban J connectivity index is 2.35. The maximum atomic E-state index is 11.1. The maximum Gasteiger partial charge on any atom is 0.321 e. The monoisotopic (exact) mass is 231 g/mol. The summed E-state index contributed by atoms with van der Waals surface area (Å²) in [4.78, 5) is 21.8. The second kappa shape index (κ2) is 5.30. The molecule has 1 rings (SSSR count). The van der Waals surface area contributed by atoms with Gasteiger partial charge in [-0.1, -0.05) is 0 Å². The van der Waals surface area contributed by atoms with Crippen molar-refractivity contribution in [2.24, 2.45) is 7.05 Å². The molecule has 0 unspecified atom stereocenters. The molecule has 0 saturated carbocycles.